The number of carboxylic acids is 1. The predicted molar refractivity (Wildman–Crippen MR) is 287 cm³/mol. The van der Waals surface area contributed by atoms with Crippen LogP contribution < -0.4 is 45.3 Å². The van der Waals surface area contributed by atoms with Crippen molar-refractivity contribution in [2.45, 2.75) is 89.6 Å². The van der Waals surface area contributed by atoms with Crippen LogP contribution in [-0.4, -0.2) is 90.7 Å². The van der Waals surface area contributed by atoms with Crippen LogP contribution in [0.5, 0.6) is 0 Å². The van der Waals surface area contributed by atoms with Crippen LogP contribution in [0.15, 0.2) is 146 Å². The van der Waals surface area contributed by atoms with Crippen LogP contribution in [-0.2, 0) is 14.3 Å². The molecule has 20 heteroatoms. The van der Waals surface area contributed by atoms with Crippen LogP contribution in [0.2, 0.25) is 0 Å². The number of aliphatic hydroxyl groups excluding tert-OH is 3. The molecule has 1 saturated heterocycles. The molecule has 1 aliphatic rings. The van der Waals surface area contributed by atoms with Crippen molar-refractivity contribution in [3.05, 3.63) is 169 Å². The van der Waals surface area contributed by atoms with Gasteiger partial charge in [0.05, 0.1) is 58.9 Å². The SMILES string of the molecule is CC(C)c1nc(-c2ccc(F)cc2)c(-c2ccnc(Nc3ccccc3)n2)n1/C=C/[C@@H](O)C[C@@H](O)CC(=O)[O-].CC(C)c1nc(-c2ccc(F)cc2)c(-c2ccnc(Nc3ccccc3)n2)n1/C=C/[C@@H]1C[C@@H](O)CC(=O)O1.[Na+]. The van der Waals surface area contributed by atoms with Gasteiger partial charge in [-0.2, -0.15) is 0 Å². The molecule has 0 bridgehead atoms. The molecule has 1 fully saturated rings. The Labute approximate surface area is 471 Å². The summed E-state index contributed by atoms with van der Waals surface area (Å²) < 4.78 is 36.6. The summed E-state index contributed by atoms with van der Waals surface area (Å²) >= 11 is 0. The molecule has 5 N–H and O–H groups in total. The van der Waals surface area contributed by atoms with Gasteiger partial charge in [0.15, 0.2) is 0 Å². The van der Waals surface area contributed by atoms with Gasteiger partial charge in [0.2, 0.25) is 11.9 Å². The first-order valence-electron chi connectivity index (χ1n) is 25.0. The Kier molecular flexibility index (Phi) is 20.1. The fourth-order valence-electron chi connectivity index (χ4n) is 8.45. The van der Waals surface area contributed by atoms with Crippen molar-refractivity contribution in [1.29, 1.82) is 0 Å². The van der Waals surface area contributed by atoms with E-state index in [1.807, 2.05) is 92.9 Å². The number of hydrogen-bond acceptors (Lipinski definition) is 15. The molecular formula is C58H57F2N10NaO7. The number of rotatable bonds is 18. The van der Waals surface area contributed by atoms with Gasteiger partial charge in [0.1, 0.15) is 29.4 Å². The van der Waals surface area contributed by atoms with E-state index in [1.165, 1.54) is 30.3 Å². The Bertz CT molecular complexity index is 3340. The number of carbonyl (C=O) groups is 2. The zero-order chi connectivity index (χ0) is 54.6. The number of carboxylic acid groups (broad SMARTS) is 1. The molecule has 8 aromatic rings. The Morgan fingerprint density at radius 2 is 1.17 bits per heavy atom. The summed E-state index contributed by atoms with van der Waals surface area (Å²) in [6.45, 7) is 7.98. The summed E-state index contributed by atoms with van der Waals surface area (Å²) in [4.78, 5) is 50.7. The molecule has 4 aromatic heterocycles. The van der Waals surface area contributed by atoms with E-state index >= 15 is 0 Å². The Balaban J connectivity index is 0.000000223. The van der Waals surface area contributed by atoms with E-state index in [4.69, 9.17) is 24.7 Å². The zero-order valence-electron chi connectivity index (χ0n) is 43.6. The minimum absolute atomic E-state index is 0. The maximum absolute atomic E-state index is 13.8. The Morgan fingerprint density at radius 3 is 1.60 bits per heavy atom. The van der Waals surface area contributed by atoms with Crippen molar-refractivity contribution in [1.82, 2.24) is 39.0 Å². The van der Waals surface area contributed by atoms with Gasteiger partial charge in [-0.1, -0.05) is 64.1 Å². The number of cyclic esters (lactones) is 1. The maximum Gasteiger partial charge on any atom is 1.00 e. The van der Waals surface area contributed by atoms with Gasteiger partial charge >= 0.3 is 35.5 Å². The molecule has 4 aromatic carbocycles. The first kappa shape index (κ1) is 57.9. The molecule has 0 aliphatic carbocycles. The van der Waals surface area contributed by atoms with Gasteiger partial charge in [-0.05, 0) is 97.1 Å². The molecule has 0 unspecified atom stereocenters. The normalized spacial score (nSPS) is 15.1. The standard InChI is InChI=1S/C29H30FN5O4.C29H28FN5O3.Na/c1-18(2)28-34-26(19-8-10-20(30)11-9-19)27(35(28)15-13-22(36)16-23(37)17-25(38)39)24-12-14-31-29(33-24)32-21-6-4-3-5-7-21;1-18(2)28-34-26(19-8-10-20(30)11-9-19)27(35(28)15-13-23-16-22(36)17-25(37)38-23)24-12-14-31-29(33-24)32-21-6-4-3-5-7-21;/h3-15,18,22-23,36-37H,16-17H2,1-2H3,(H,38,39)(H,31,32,33);3-15,18,22-23,36H,16-17H2,1-2H3,(H,31,32,33);/q;;+1/p-1/b2*15-13+;/t2*22-,23-;/m11./s1. The molecule has 17 nitrogen and oxygen atoms in total. The molecule has 396 valence electrons. The van der Waals surface area contributed by atoms with Crippen molar-refractivity contribution in [2.24, 2.45) is 0 Å². The molecule has 4 atom stereocenters. The molecule has 0 saturated carbocycles. The second kappa shape index (κ2) is 27.0. The van der Waals surface area contributed by atoms with E-state index in [0.717, 1.165) is 22.8 Å². The van der Waals surface area contributed by atoms with Crippen molar-refractivity contribution in [3.8, 4) is 45.3 Å². The molecule has 9 rings (SSSR count). The molecule has 0 amide bonds. The zero-order valence-corrected chi connectivity index (χ0v) is 45.6. The van der Waals surface area contributed by atoms with E-state index in [1.54, 1.807) is 71.8 Å². The molecule has 5 heterocycles. The van der Waals surface area contributed by atoms with Crippen LogP contribution >= 0.6 is 0 Å². The van der Waals surface area contributed by atoms with Crippen molar-refractivity contribution in [2.75, 3.05) is 10.6 Å². The fraction of sp³-hybridized carbons (Fsp3) is 0.241. The number of imidazole rings is 2. The second-order valence-electron chi connectivity index (χ2n) is 18.7. The van der Waals surface area contributed by atoms with Gasteiger partial charge in [-0.3, -0.25) is 4.79 Å². The van der Waals surface area contributed by atoms with Crippen LogP contribution in [0.4, 0.5) is 32.1 Å². The van der Waals surface area contributed by atoms with Gasteiger partial charge < -0.3 is 49.7 Å². The number of aromatic nitrogens is 8. The second-order valence-corrected chi connectivity index (χ2v) is 18.7. The van der Waals surface area contributed by atoms with Crippen LogP contribution in [0.3, 0.4) is 0 Å². The van der Waals surface area contributed by atoms with Crippen LogP contribution in [0.25, 0.3) is 57.7 Å². The van der Waals surface area contributed by atoms with Gasteiger partial charge in [-0.25, -0.2) is 38.7 Å². The number of anilines is 4. The number of esters is 1. The number of benzene rings is 4. The van der Waals surface area contributed by atoms with E-state index in [9.17, 15) is 38.8 Å². The van der Waals surface area contributed by atoms with Crippen molar-refractivity contribution < 1.29 is 73.1 Å². The third-order valence-corrected chi connectivity index (χ3v) is 12.0. The number of aliphatic carboxylic acids is 1. The monoisotopic (exact) mass is 1070 g/mol. The maximum atomic E-state index is 13.8. The number of nitrogens with zero attached hydrogens (tertiary/aromatic N) is 8. The molecular weight excluding hydrogens is 1010 g/mol. The van der Waals surface area contributed by atoms with Gasteiger partial charge in [0.25, 0.3) is 0 Å². The summed E-state index contributed by atoms with van der Waals surface area (Å²) in [5.74, 6) is -0.413. The Morgan fingerprint density at radius 1 is 0.705 bits per heavy atom. The molecule has 1 aliphatic heterocycles. The molecule has 0 spiro atoms. The predicted octanol–water partition coefficient (Wildman–Crippen LogP) is 6.29. The topological polar surface area (TPSA) is 238 Å². The van der Waals surface area contributed by atoms with Crippen LogP contribution in [0.1, 0.15) is 76.9 Å². The number of halogens is 2. The fourth-order valence-corrected chi connectivity index (χ4v) is 8.45. The first-order chi connectivity index (χ1) is 37.1. The Hall–Kier alpha value is -7.78. The first-order valence-corrected chi connectivity index (χ1v) is 25.0. The van der Waals surface area contributed by atoms with Gasteiger partial charge in [-0.15, -0.1) is 0 Å². The number of aliphatic hydroxyl groups is 3. The minimum Gasteiger partial charge on any atom is -0.550 e. The smallest absolute Gasteiger partial charge is 0.550 e. The third-order valence-electron chi connectivity index (χ3n) is 12.0. The van der Waals surface area contributed by atoms with Crippen LogP contribution in [0, 0.1) is 11.6 Å². The number of hydrogen-bond donors (Lipinski definition) is 5. The largest absolute Gasteiger partial charge is 1.00 e. The molecule has 78 heavy (non-hydrogen) atoms. The van der Waals surface area contributed by atoms with E-state index in [2.05, 4.69) is 20.6 Å². The summed E-state index contributed by atoms with van der Waals surface area (Å²) in [5.41, 5.74) is 6.62. The van der Waals surface area contributed by atoms with Crippen molar-refractivity contribution >= 4 is 47.6 Å². The summed E-state index contributed by atoms with van der Waals surface area (Å²) in [7, 11) is 0. The third kappa shape index (κ3) is 15.2. The molecule has 0 radical (unpaired) electrons. The average molecular weight is 1070 g/mol. The quantitative estimate of drug-likeness (QED) is 0.0469. The van der Waals surface area contributed by atoms with Gasteiger partial charge in [0, 0.05) is 84.4 Å². The number of nitrogens with one attached hydrogen (secondary N) is 2. The number of carbonyl (C=O) groups excluding carboxylic acids is 2. The summed E-state index contributed by atoms with van der Waals surface area (Å²) in [6, 6.07) is 34.7. The summed E-state index contributed by atoms with van der Waals surface area (Å²) in [6.07, 6.45) is 5.72. The summed E-state index contributed by atoms with van der Waals surface area (Å²) in [5, 5.41) is 47.6. The minimum atomic E-state index is -1.40. The van der Waals surface area contributed by atoms with Crippen molar-refractivity contribution in [3.63, 3.8) is 0 Å². The average Bonchev–Trinajstić information content (AvgIpc) is 4.06. The van der Waals surface area contributed by atoms with E-state index < -0.39 is 42.8 Å². The van der Waals surface area contributed by atoms with E-state index in [0.29, 0.717) is 63.9 Å². The number of para-hydroxylation sites is 2. The number of ether oxygens (including phenoxy) is 1. The van der Waals surface area contributed by atoms with E-state index in [-0.39, 0.29) is 65.9 Å².